The molecule has 0 spiro atoms. The molecule has 4 nitrogen and oxygen atoms in total. The number of hydrogen-bond donors (Lipinski definition) is 1. The van der Waals surface area contributed by atoms with Gasteiger partial charge in [-0.05, 0) is 30.7 Å². The smallest absolute Gasteiger partial charge is 0.324 e. The Bertz CT molecular complexity index is 667. The number of hydrogen-bond acceptors (Lipinski definition) is 2. The van der Waals surface area contributed by atoms with Gasteiger partial charge in [-0.2, -0.15) is 18.3 Å². The Balaban J connectivity index is 2.01. The van der Waals surface area contributed by atoms with Crippen molar-refractivity contribution in [2.45, 2.75) is 19.6 Å². The average Bonchev–Trinajstić information content (AvgIpc) is 2.82. The van der Waals surface area contributed by atoms with Gasteiger partial charge < -0.3 is 5.32 Å². The van der Waals surface area contributed by atoms with Gasteiger partial charge in [-0.25, -0.2) is 0 Å². The molecule has 0 aliphatic carbocycles. The third kappa shape index (κ3) is 3.98. The second-order valence-corrected chi connectivity index (χ2v) is 4.82. The summed E-state index contributed by atoms with van der Waals surface area (Å²) in [4.78, 5) is 11.7. The number of carbonyl (C=O) groups is 1. The first kappa shape index (κ1) is 15.4. The number of anilines is 1. The molecule has 0 aliphatic rings. The van der Waals surface area contributed by atoms with E-state index in [-0.39, 0.29) is 6.54 Å². The van der Waals surface area contributed by atoms with Gasteiger partial charge in [0.15, 0.2) is 5.69 Å². The lowest BCUT2D eigenvalue weighted by molar-refractivity contribution is -0.141. The van der Waals surface area contributed by atoms with Crippen LogP contribution in [0.5, 0.6) is 0 Å². The highest BCUT2D eigenvalue weighted by Gasteiger charge is 2.33. The van der Waals surface area contributed by atoms with Gasteiger partial charge in [0.1, 0.15) is 6.54 Å². The van der Waals surface area contributed by atoms with Crippen molar-refractivity contribution in [3.8, 4) is 0 Å². The van der Waals surface area contributed by atoms with E-state index in [1.54, 1.807) is 18.2 Å². The minimum atomic E-state index is -4.52. The number of nitrogens with zero attached hydrogens (tertiary/aromatic N) is 2. The number of amides is 1. The van der Waals surface area contributed by atoms with Gasteiger partial charge in [-0.3, -0.25) is 9.48 Å². The highest BCUT2D eigenvalue weighted by molar-refractivity contribution is 6.31. The fourth-order valence-electron chi connectivity index (χ4n) is 1.62. The fraction of sp³-hybridized carbons (Fsp3) is 0.231. The van der Waals surface area contributed by atoms with Crippen LogP contribution in [-0.4, -0.2) is 15.7 Å². The quantitative estimate of drug-likeness (QED) is 0.941. The van der Waals surface area contributed by atoms with E-state index in [2.05, 4.69) is 10.4 Å². The van der Waals surface area contributed by atoms with E-state index >= 15 is 0 Å². The lowest BCUT2D eigenvalue weighted by atomic mass is 10.2. The molecular formula is C13H11ClF3N3O. The first-order chi connectivity index (χ1) is 9.75. The van der Waals surface area contributed by atoms with Gasteiger partial charge >= 0.3 is 6.18 Å². The first-order valence-corrected chi connectivity index (χ1v) is 6.30. The second kappa shape index (κ2) is 5.77. The van der Waals surface area contributed by atoms with Crippen LogP contribution in [0.15, 0.2) is 30.5 Å². The molecule has 1 amide bonds. The predicted molar refractivity (Wildman–Crippen MR) is 72.0 cm³/mol. The summed E-state index contributed by atoms with van der Waals surface area (Å²) < 4.78 is 38.1. The summed E-state index contributed by atoms with van der Waals surface area (Å²) in [5.41, 5.74) is 0.295. The molecule has 0 aliphatic heterocycles. The van der Waals surface area contributed by atoms with Crippen LogP contribution in [0.4, 0.5) is 18.9 Å². The molecule has 2 rings (SSSR count). The van der Waals surface area contributed by atoms with Crippen LogP contribution in [0.3, 0.4) is 0 Å². The zero-order chi connectivity index (χ0) is 15.6. The molecule has 8 heteroatoms. The Labute approximate surface area is 123 Å². The number of rotatable bonds is 3. The third-order valence-corrected chi connectivity index (χ3v) is 3.10. The van der Waals surface area contributed by atoms with Crippen LogP contribution in [0.1, 0.15) is 11.3 Å². The maximum atomic E-state index is 12.4. The normalized spacial score (nSPS) is 11.5. The number of aryl methyl sites for hydroxylation is 1. The second-order valence-electron chi connectivity index (χ2n) is 4.41. The Morgan fingerprint density at radius 2 is 2.10 bits per heavy atom. The molecule has 1 aromatic carbocycles. The zero-order valence-electron chi connectivity index (χ0n) is 10.9. The van der Waals surface area contributed by atoms with Crippen LogP contribution in [0.2, 0.25) is 5.02 Å². The SMILES string of the molecule is Cc1ccc(NC(=O)Cn2ccc(C(F)(F)F)n2)cc1Cl. The third-order valence-electron chi connectivity index (χ3n) is 2.69. The average molecular weight is 318 g/mol. The summed E-state index contributed by atoms with van der Waals surface area (Å²) >= 11 is 5.92. The summed E-state index contributed by atoms with van der Waals surface area (Å²) in [7, 11) is 0. The summed E-state index contributed by atoms with van der Waals surface area (Å²) in [5, 5.41) is 6.33. The zero-order valence-corrected chi connectivity index (χ0v) is 11.7. The molecule has 1 heterocycles. The van der Waals surface area contributed by atoms with Crippen LogP contribution in [-0.2, 0) is 17.5 Å². The van der Waals surface area contributed by atoms with Crippen molar-refractivity contribution in [1.82, 2.24) is 9.78 Å². The predicted octanol–water partition coefficient (Wildman–Crippen LogP) is 3.50. The molecule has 0 bridgehead atoms. The Kier molecular flexibility index (Phi) is 4.22. The molecule has 0 saturated carbocycles. The number of carbonyl (C=O) groups excluding carboxylic acids is 1. The van der Waals surface area contributed by atoms with Gasteiger partial charge in [0, 0.05) is 16.9 Å². The minimum Gasteiger partial charge on any atom is -0.324 e. The largest absolute Gasteiger partial charge is 0.435 e. The van der Waals surface area contributed by atoms with Gasteiger partial charge in [0.25, 0.3) is 0 Å². The molecule has 0 saturated heterocycles. The van der Waals surface area contributed by atoms with E-state index in [0.717, 1.165) is 22.5 Å². The first-order valence-electron chi connectivity index (χ1n) is 5.92. The maximum absolute atomic E-state index is 12.4. The van der Waals surface area contributed by atoms with Gasteiger partial charge in [-0.15, -0.1) is 0 Å². The molecule has 0 atom stereocenters. The Hall–Kier alpha value is -2.02. The van der Waals surface area contributed by atoms with Crippen LogP contribution in [0.25, 0.3) is 0 Å². The van der Waals surface area contributed by atoms with E-state index in [1.807, 2.05) is 6.92 Å². The number of benzene rings is 1. The van der Waals surface area contributed by atoms with E-state index in [4.69, 9.17) is 11.6 Å². The number of halogens is 4. The molecule has 0 unspecified atom stereocenters. The van der Waals surface area contributed by atoms with Crippen LogP contribution < -0.4 is 5.32 Å². The molecule has 2 aromatic rings. The summed E-state index contributed by atoms with van der Waals surface area (Å²) in [6.07, 6.45) is -3.42. The molecular weight excluding hydrogens is 307 g/mol. The summed E-state index contributed by atoms with van der Waals surface area (Å²) in [5.74, 6) is -0.494. The minimum absolute atomic E-state index is 0.318. The summed E-state index contributed by atoms with van der Waals surface area (Å²) in [6.45, 7) is 1.50. The molecule has 1 N–H and O–H groups in total. The fourth-order valence-corrected chi connectivity index (χ4v) is 1.80. The van der Waals surface area contributed by atoms with Crippen molar-refractivity contribution in [2.24, 2.45) is 0 Å². The number of aromatic nitrogens is 2. The highest BCUT2D eigenvalue weighted by Crippen LogP contribution is 2.27. The van der Waals surface area contributed by atoms with Crippen molar-refractivity contribution >= 4 is 23.2 Å². The molecule has 21 heavy (non-hydrogen) atoms. The van der Waals surface area contributed by atoms with Gasteiger partial charge in [0.05, 0.1) is 0 Å². The van der Waals surface area contributed by atoms with Crippen LogP contribution in [0, 0.1) is 6.92 Å². The van der Waals surface area contributed by atoms with E-state index in [1.165, 1.54) is 0 Å². The van der Waals surface area contributed by atoms with Gasteiger partial charge in [0.2, 0.25) is 5.91 Å². The van der Waals surface area contributed by atoms with Crippen LogP contribution >= 0.6 is 11.6 Å². The molecule has 0 radical (unpaired) electrons. The number of alkyl halides is 3. The lowest BCUT2D eigenvalue weighted by Crippen LogP contribution is -2.19. The maximum Gasteiger partial charge on any atom is 0.435 e. The summed E-state index contributed by atoms with van der Waals surface area (Å²) in [6, 6.07) is 5.77. The van der Waals surface area contributed by atoms with Crippen molar-refractivity contribution in [1.29, 1.82) is 0 Å². The Morgan fingerprint density at radius 1 is 1.38 bits per heavy atom. The van der Waals surface area contributed by atoms with Crippen molar-refractivity contribution in [3.63, 3.8) is 0 Å². The Morgan fingerprint density at radius 3 is 2.67 bits per heavy atom. The molecule has 0 fully saturated rings. The van der Waals surface area contributed by atoms with E-state index in [0.29, 0.717) is 10.7 Å². The highest BCUT2D eigenvalue weighted by atomic mass is 35.5. The van der Waals surface area contributed by atoms with Crippen molar-refractivity contribution in [3.05, 3.63) is 46.7 Å². The topological polar surface area (TPSA) is 46.9 Å². The monoisotopic (exact) mass is 317 g/mol. The van der Waals surface area contributed by atoms with E-state index in [9.17, 15) is 18.0 Å². The molecule has 112 valence electrons. The van der Waals surface area contributed by atoms with Crippen molar-refractivity contribution in [2.75, 3.05) is 5.32 Å². The van der Waals surface area contributed by atoms with Crippen molar-refractivity contribution < 1.29 is 18.0 Å². The number of nitrogens with one attached hydrogen (secondary N) is 1. The van der Waals surface area contributed by atoms with Gasteiger partial charge in [-0.1, -0.05) is 17.7 Å². The lowest BCUT2D eigenvalue weighted by Gasteiger charge is -2.07. The van der Waals surface area contributed by atoms with E-state index < -0.39 is 17.8 Å². The molecule has 1 aromatic heterocycles. The standard InChI is InChI=1S/C13H11ClF3N3O/c1-8-2-3-9(6-10(8)14)18-12(21)7-20-5-4-11(19-20)13(15,16)17/h2-6H,7H2,1H3,(H,18,21).